The van der Waals surface area contributed by atoms with E-state index < -0.39 is 15.8 Å². The predicted molar refractivity (Wildman–Crippen MR) is 80.5 cm³/mol. The Morgan fingerprint density at radius 1 is 1.13 bits per heavy atom. The van der Waals surface area contributed by atoms with E-state index in [1.165, 1.54) is 25.1 Å². The van der Waals surface area contributed by atoms with Crippen molar-refractivity contribution in [3.05, 3.63) is 67.8 Å². The van der Waals surface area contributed by atoms with Crippen molar-refractivity contribution in [2.24, 2.45) is 0 Å². The van der Waals surface area contributed by atoms with Crippen molar-refractivity contribution in [3.63, 3.8) is 0 Å². The summed E-state index contributed by atoms with van der Waals surface area (Å²) < 4.78 is 0. The summed E-state index contributed by atoms with van der Waals surface area (Å²) in [5, 5.41) is 33.6. The van der Waals surface area contributed by atoms with Gasteiger partial charge in [-0.1, -0.05) is 6.07 Å². The van der Waals surface area contributed by atoms with Crippen LogP contribution in [0.5, 0.6) is 5.75 Å². The molecule has 0 unspecified atom stereocenters. The topological polar surface area (TPSA) is 136 Å². The van der Waals surface area contributed by atoms with E-state index in [1.54, 1.807) is 0 Å². The summed E-state index contributed by atoms with van der Waals surface area (Å²) in [5.74, 6) is -1.07. The Kier molecular flexibility index (Phi) is 4.21. The summed E-state index contributed by atoms with van der Waals surface area (Å²) in [4.78, 5) is 32.6. The number of hydrogen-bond acceptors (Lipinski definition) is 6. The number of aromatic hydroxyl groups is 1. The third-order valence-corrected chi connectivity index (χ3v) is 3.19. The van der Waals surface area contributed by atoms with Crippen LogP contribution >= 0.6 is 0 Å². The number of nitrogens with one attached hydrogen (secondary N) is 1. The van der Waals surface area contributed by atoms with Gasteiger partial charge in [0.1, 0.15) is 5.75 Å². The van der Waals surface area contributed by atoms with Crippen LogP contribution in [0.1, 0.15) is 15.9 Å². The molecule has 0 radical (unpaired) electrons. The number of carbonyl (C=O) groups is 1. The zero-order valence-corrected chi connectivity index (χ0v) is 11.8. The number of nitro groups is 2. The Hall–Kier alpha value is -3.49. The minimum absolute atomic E-state index is 0.0325. The second kappa shape index (κ2) is 6.10. The fourth-order valence-corrected chi connectivity index (χ4v) is 1.99. The van der Waals surface area contributed by atoms with Gasteiger partial charge in [0, 0.05) is 29.3 Å². The molecule has 2 rings (SSSR count). The Morgan fingerprint density at radius 3 is 2.43 bits per heavy atom. The molecule has 2 aromatic carbocycles. The molecule has 2 aromatic rings. The quantitative estimate of drug-likeness (QED) is 0.505. The molecule has 0 saturated heterocycles. The number of phenolic OH excluding ortho intramolecular Hbond substituents is 1. The molecule has 0 bridgehead atoms. The van der Waals surface area contributed by atoms with E-state index >= 15 is 0 Å². The lowest BCUT2D eigenvalue weighted by Gasteiger charge is -2.09. The van der Waals surface area contributed by atoms with E-state index in [1.807, 2.05) is 0 Å². The van der Waals surface area contributed by atoms with Gasteiger partial charge in [-0.2, -0.15) is 0 Å². The number of nitro benzene ring substituents is 2. The summed E-state index contributed by atoms with van der Waals surface area (Å²) in [5.41, 5.74) is -0.505. The third-order valence-electron chi connectivity index (χ3n) is 3.19. The average Bonchev–Trinajstić information content (AvgIpc) is 2.49. The Labute approximate surface area is 129 Å². The minimum Gasteiger partial charge on any atom is -0.506 e. The van der Waals surface area contributed by atoms with E-state index in [4.69, 9.17) is 0 Å². The highest BCUT2D eigenvalue weighted by Crippen LogP contribution is 2.29. The van der Waals surface area contributed by atoms with Crippen LogP contribution in [0.3, 0.4) is 0 Å². The van der Waals surface area contributed by atoms with E-state index in [2.05, 4.69) is 5.32 Å². The first kappa shape index (κ1) is 15.9. The average molecular weight is 317 g/mol. The number of anilines is 1. The summed E-state index contributed by atoms with van der Waals surface area (Å²) in [6.45, 7) is 1.42. The third kappa shape index (κ3) is 3.23. The molecular weight excluding hydrogens is 306 g/mol. The molecule has 0 atom stereocenters. The van der Waals surface area contributed by atoms with Gasteiger partial charge in [0.25, 0.3) is 17.3 Å². The lowest BCUT2D eigenvalue weighted by Crippen LogP contribution is -2.14. The molecule has 0 aromatic heterocycles. The van der Waals surface area contributed by atoms with Crippen LogP contribution in [0.25, 0.3) is 0 Å². The highest BCUT2D eigenvalue weighted by Gasteiger charge is 2.19. The number of hydrogen-bond donors (Lipinski definition) is 2. The first-order chi connectivity index (χ1) is 10.8. The van der Waals surface area contributed by atoms with Crippen molar-refractivity contribution in [2.45, 2.75) is 6.92 Å². The minimum atomic E-state index is -0.720. The fourth-order valence-electron chi connectivity index (χ4n) is 1.99. The number of carbonyl (C=O) groups excluding carboxylic acids is 1. The molecule has 118 valence electrons. The van der Waals surface area contributed by atoms with Crippen molar-refractivity contribution in [2.75, 3.05) is 5.32 Å². The molecule has 0 aliphatic carbocycles. The van der Waals surface area contributed by atoms with Crippen LogP contribution < -0.4 is 5.32 Å². The highest BCUT2D eigenvalue weighted by molar-refractivity contribution is 6.06. The number of benzene rings is 2. The van der Waals surface area contributed by atoms with Gasteiger partial charge in [-0.3, -0.25) is 25.0 Å². The first-order valence-corrected chi connectivity index (χ1v) is 6.34. The van der Waals surface area contributed by atoms with E-state index in [0.717, 1.165) is 18.2 Å². The largest absolute Gasteiger partial charge is 0.506 e. The first-order valence-electron chi connectivity index (χ1n) is 6.34. The Morgan fingerprint density at radius 2 is 1.83 bits per heavy atom. The lowest BCUT2D eigenvalue weighted by atomic mass is 10.1. The van der Waals surface area contributed by atoms with Crippen molar-refractivity contribution in [1.29, 1.82) is 0 Å². The molecule has 0 fully saturated rings. The van der Waals surface area contributed by atoms with Gasteiger partial charge in [-0.25, -0.2) is 0 Å². The molecule has 1 amide bonds. The molecule has 0 aliphatic heterocycles. The Bertz CT molecular complexity index is 818. The van der Waals surface area contributed by atoms with Gasteiger partial charge < -0.3 is 10.4 Å². The molecule has 9 heteroatoms. The summed E-state index contributed by atoms with van der Waals surface area (Å²) in [7, 11) is 0. The summed E-state index contributed by atoms with van der Waals surface area (Å²) in [6.07, 6.45) is 0. The number of phenols is 1. The standard InChI is InChI=1S/C14H11N3O6/c1-8-10(3-2-4-12(8)17(22)23)14(19)15-11-7-9(16(20)21)5-6-13(11)18/h2-7,18H,1H3,(H,15,19). The van der Waals surface area contributed by atoms with Crippen LogP contribution in [0, 0.1) is 27.2 Å². The van der Waals surface area contributed by atoms with Crippen LogP contribution in [0.2, 0.25) is 0 Å². The molecule has 0 heterocycles. The normalized spacial score (nSPS) is 10.1. The van der Waals surface area contributed by atoms with E-state index in [-0.39, 0.29) is 33.9 Å². The number of rotatable bonds is 4. The van der Waals surface area contributed by atoms with Gasteiger partial charge in [-0.15, -0.1) is 0 Å². The van der Waals surface area contributed by atoms with E-state index in [0.29, 0.717) is 0 Å². The van der Waals surface area contributed by atoms with Crippen molar-refractivity contribution in [3.8, 4) is 5.75 Å². The van der Waals surface area contributed by atoms with Gasteiger partial charge >= 0.3 is 0 Å². The van der Waals surface area contributed by atoms with Crippen molar-refractivity contribution in [1.82, 2.24) is 0 Å². The zero-order valence-electron chi connectivity index (χ0n) is 11.8. The number of non-ortho nitro benzene ring substituents is 1. The molecular formula is C14H11N3O6. The molecule has 2 N–H and O–H groups in total. The van der Waals surface area contributed by atoms with Crippen LogP contribution in [-0.2, 0) is 0 Å². The summed E-state index contributed by atoms with van der Waals surface area (Å²) in [6, 6.07) is 7.16. The maximum Gasteiger partial charge on any atom is 0.273 e. The second-order valence-corrected chi connectivity index (χ2v) is 4.62. The van der Waals surface area contributed by atoms with Crippen molar-refractivity contribution >= 4 is 23.0 Å². The van der Waals surface area contributed by atoms with Crippen molar-refractivity contribution < 1.29 is 19.7 Å². The zero-order chi connectivity index (χ0) is 17.1. The van der Waals surface area contributed by atoms with Gasteiger partial charge in [-0.05, 0) is 19.1 Å². The van der Waals surface area contributed by atoms with Gasteiger partial charge in [0.15, 0.2) is 0 Å². The number of nitrogens with zero attached hydrogens (tertiary/aromatic N) is 2. The Balaban J connectivity index is 2.37. The van der Waals surface area contributed by atoms with Gasteiger partial charge in [0.05, 0.1) is 15.5 Å². The van der Waals surface area contributed by atoms with Gasteiger partial charge in [0.2, 0.25) is 0 Å². The monoisotopic (exact) mass is 317 g/mol. The smallest absolute Gasteiger partial charge is 0.273 e. The highest BCUT2D eigenvalue weighted by atomic mass is 16.6. The maximum absolute atomic E-state index is 12.2. The molecule has 0 spiro atoms. The number of amides is 1. The van der Waals surface area contributed by atoms with E-state index in [9.17, 15) is 30.1 Å². The molecule has 0 aliphatic rings. The SMILES string of the molecule is Cc1c(C(=O)Nc2cc([N+](=O)[O-])ccc2O)cccc1[N+](=O)[O-]. The van der Waals surface area contributed by atoms with Crippen LogP contribution in [0.4, 0.5) is 17.1 Å². The molecule has 0 saturated carbocycles. The molecule has 9 nitrogen and oxygen atoms in total. The lowest BCUT2D eigenvalue weighted by molar-refractivity contribution is -0.385. The maximum atomic E-state index is 12.2. The predicted octanol–water partition coefficient (Wildman–Crippen LogP) is 2.77. The second-order valence-electron chi connectivity index (χ2n) is 4.62. The fraction of sp³-hybridized carbons (Fsp3) is 0.0714. The van der Waals surface area contributed by atoms with Crippen LogP contribution in [-0.4, -0.2) is 20.9 Å². The van der Waals surface area contributed by atoms with Crippen LogP contribution in [0.15, 0.2) is 36.4 Å². The summed E-state index contributed by atoms with van der Waals surface area (Å²) >= 11 is 0. The molecule has 23 heavy (non-hydrogen) atoms.